The Morgan fingerprint density at radius 1 is 1.21 bits per heavy atom. The first kappa shape index (κ1) is 16.1. The van der Waals surface area contributed by atoms with Gasteiger partial charge < -0.3 is 15.4 Å². The smallest absolute Gasteiger partial charge is 0.228 e. The van der Waals surface area contributed by atoms with Crippen molar-refractivity contribution < 1.29 is 14.3 Å². The van der Waals surface area contributed by atoms with E-state index in [1.54, 1.807) is 0 Å². The van der Waals surface area contributed by atoms with E-state index in [0.29, 0.717) is 30.9 Å². The molecule has 2 N–H and O–H groups in total. The van der Waals surface area contributed by atoms with Crippen LogP contribution in [0.3, 0.4) is 0 Å². The standard InChI is InChI=1S/C19H20N2O3/c1-2-24-17-6-4-3-5-16(17)21-19(23)12-13-7-9-15-14(11-13)8-10-18(22)20-15/h3-7,9,11H,2,8,10,12H2,1H3,(H,20,22)(H,21,23). The lowest BCUT2D eigenvalue weighted by atomic mass is 9.99. The van der Waals surface area contributed by atoms with Gasteiger partial charge in [-0.05, 0) is 42.7 Å². The number of benzene rings is 2. The van der Waals surface area contributed by atoms with Crippen molar-refractivity contribution >= 4 is 23.2 Å². The van der Waals surface area contributed by atoms with Crippen molar-refractivity contribution in [1.29, 1.82) is 0 Å². The first-order valence-corrected chi connectivity index (χ1v) is 8.09. The molecule has 0 fully saturated rings. The van der Waals surface area contributed by atoms with Gasteiger partial charge in [-0.3, -0.25) is 9.59 Å². The van der Waals surface area contributed by atoms with Gasteiger partial charge in [0.2, 0.25) is 11.8 Å². The van der Waals surface area contributed by atoms with E-state index in [-0.39, 0.29) is 18.2 Å². The number of carbonyl (C=O) groups is 2. The maximum Gasteiger partial charge on any atom is 0.228 e. The molecule has 5 nitrogen and oxygen atoms in total. The van der Waals surface area contributed by atoms with Gasteiger partial charge >= 0.3 is 0 Å². The third-order valence-electron chi connectivity index (χ3n) is 3.89. The Kier molecular flexibility index (Phi) is 4.79. The number of hydrogen-bond donors (Lipinski definition) is 2. The van der Waals surface area contributed by atoms with Crippen molar-refractivity contribution in [3.8, 4) is 5.75 Å². The van der Waals surface area contributed by atoms with Crippen LogP contribution in [0.4, 0.5) is 11.4 Å². The molecule has 3 rings (SSSR count). The van der Waals surface area contributed by atoms with Crippen LogP contribution in [-0.4, -0.2) is 18.4 Å². The molecule has 1 aliphatic heterocycles. The first-order chi connectivity index (χ1) is 11.7. The maximum atomic E-state index is 12.3. The van der Waals surface area contributed by atoms with Gasteiger partial charge in [0.05, 0.1) is 18.7 Å². The topological polar surface area (TPSA) is 67.4 Å². The van der Waals surface area contributed by atoms with E-state index in [9.17, 15) is 9.59 Å². The van der Waals surface area contributed by atoms with Crippen LogP contribution < -0.4 is 15.4 Å². The van der Waals surface area contributed by atoms with Gasteiger partial charge in [0.15, 0.2) is 0 Å². The Hall–Kier alpha value is -2.82. The van der Waals surface area contributed by atoms with Crippen molar-refractivity contribution in [3.05, 3.63) is 53.6 Å². The molecule has 24 heavy (non-hydrogen) atoms. The molecular formula is C19H20N2O3. The summed E-state index contributed by atoms with van der Waals surface area (Å²) in [4.78, 5) is 23.7. The van der Waals surface area contributed by atoms with E-state index in [1.807, 2.05) is 49.4 Å². The Labute approximate surface area is 141 Å². The minimum Gasteiger partial charge on any atom is -0.492 e. The van der Waals surface area contributed by atoms with Crippen molar-refractivity contribution in [2.45, 2.75) is 26.2 Å². The van der Waals surface area contributed by atoms with Crippen LogP contribution in [0.25, 0.3) is 0 Å². The average molecular weight is 324 g/mol. The monoisotopic (exact) mass is 324 g/mol. The zero-order valence-corrected chi connectivity index (χ0v) is 13.6. The van der Waals surface area contributed by atoms with Gasteiger partial charge in [0.1, 0.15) is 5.75 Å². The number of hydrogen-bond acceptors (Lipinski definition) is 3. The summed E-state index contributed by atoms with van der Waals surface area (Å²) in [5.74, 6) is 0.615. The molecule has 0 radical (unpaired) electrons. The van der Waals surface area contributed by atoms with Crippen molar-refractivity contribution in [2.24, 2.45) is 0 Å². The van der Waals surface area contributed by atoms with Gasteiger partial charge in [-0.25, -0.2) is 0 Å². The fourth-order valence-electron chi connectivity index (χ4n) is 2.78. The van der Waals surface area contributed by atoms with Crippen molar-refractivity contribution in [1.82, 2.24) is 0 Å². The summed E-state index contributed by atoms with van der Waals surface area (Å²) in [6, 6.07) is 13.1. The number of nitrogens with one attached hydrogen (secondary N) is 2. The summed E-state index contributed by atoms with van der Waals surface area (Å²) < 4.78 is 5.52. The summed E-state index contributed by atoms with van der Waals surface area (Å²) in [5.41, 5.74) is 3.53. The maximum absolute atomic E-state index is 12.3. The molecule has 0 saturated carbocycles. The molecule has 1 heterocycles. The predicted octanol–water partition coefficient (Wildman–Crippen LogP) is 3.15. The number of anilines is 2. The molecule has 2 aromatic rings. The fraction of sp³-hybridized carbons (Fsp3) is 0.263. The molecule has 124 valence electrons. The molecular weight excluding hydrogens is 304 g/mol. The van der Waals surface area contributed by atoms with Crippen molar-refractivity contribution in [2.75, 3.05) is 17.2 Å². The lowest BCUT2D eigenvalue weighted by Gasteiger charge is -2.17. The molecule has 0 aromatic heterocycles. The molecule has 0 aliphatic carbocycles. The third kappa shape index (κ3) is 3.74. The van der Waals surface area contributed by atoms with Gasteiger partial charge in [-0.1, -0.05) is 24.3 Å². The molecule has 2 amide bonds. The SMILES string of the molecule is CCOc1ccccc1NC(=O)Cc1ccc2c(c1)CCC(=O)N2. The summed E-state index contributed by atoms with van der Waals surface area (Å²) in [7, 11) is 0. The number of para-hydroxylation sites is 2. The highest BCUT2D eigenvalue weighted by Gasteiger charge is 2.15. The van der Waals surface area contributed by atoms with Gasteiger partial charge in [-0.2, -0.15) is 0 Å². The highest BCUT2D eigenvalue weighted by atomic mass is 16.5. The second kappa shape index (κ2) is 7.17. The highest BCUT2D eigenvalue weighted by molar-refractivity contribution is 5.95. The van der Waals surface area contributed by atoms with E-state index in [4.69, 9.17) is 4.74 Å². The quantitative estimate of drug-likeness (QED) is 0.888. The lowest BCUT2D eigenvalue weighted by Crippen LogP contribution is -2.20. The minimum absolute atomic E-state index is 0.0422. The predicted molar refractivity (Wildman–Crippen MR) is 93.3 cm³/mol. The van der Waals surface area contributed by atoms with Crippen LogP contribution in [0.2, 0.25) is 0 Å². The molecule has 0 saturated heterocycles. The van der Waals surface area contributed by atoms with E-state index in [2.05, 4.69) is 10.6 Å². The second-order valence-corrected chi connectivity index (χ2v) is 5.69. The van der Waals surface area contributed by atoms with Crippen LogP contribution in [0.5, 0.6) is 5.75 Å². The summed E-state index contributed by atoms with van der Waals surface area (Å²) in [5, 5.41) is 5.74. The van der Waals surface area contributed by atoms with Gasteiger partial charge in [0.25, 0.3) is 0 Å². The first-order valence-electron chi connectivity index (χ1n) is 8.09. The van der Waals surface area contributed by atoms with E-state index in [0.717, 1.165) is 16.8 Å². The van der Waals surface area contributed by atoms with Gasteiger partial charge in [-0.15, -0.1) is 0 Å². The van der Waals surface area contributed by atoms with Crippen LogP contribution in [-0.2, 0) is 22.4 Å². The average Bonchev–Trinajstić information content (AvgIpc) is 2.57. The van der Waals surface area contributed by atoms with E-state index < -0.39 is 0 Å². The summed E-state index contributed by atoms with van der Waals surface area (Å²) >= 11 is 0. The number of amides is 2. The molecule has 5 heteroatoms. The van der Waals surface area contributed by atoms with E-state index in [1.165, 1.54) is 0 Å². The molecule has 0 spiro atoms. The van der Waals surface area contributed by atoms with Crippen LogP contribution in [0, 0.1) is 0 Å². The van der Waals surface area contributed by atoms with Crippen LogP contribution >= 0.6 is 0 Å². The lowest BCUT2D eigenvalue weighted by molar-refractivity contribution is -0.117. The summed E-state index contributed by atoms with van der Waals surface area (Å²) in [6.07, 6.45) is 1.48. The van der Waals surface area contributed by atoms with Crippen LogP contribution in [0.1, 0.15) is 24.5 Å². The number of aryl methyl sites for hydroxylation is 1. The molecule has 0 bridgehead atoms. The molecule has 0 unspecified atom stereocenters. The Bertz CT molecular complexity index is 771. The zero-order valence-electron chi connectivity index (χ0n) is 13.6. The Balaban J connectivity index is 1.68. The number of carbonyl (C=O) groups excluding carboxylic acids is 2. The number of rotatable bonds is 5. The Morgan fingerprint density at radius 2 is 2.04 bits per heavy atom. The fourth-order valence-corrected chi connectivity index (χ4v) is 2.78. The largest absolute Gasteiger partial charge is 0.492 e. The normalized spacial score (nSPS) is 13.0. The van der Waals surface area contributed by atoms with Crippen molar-refractivity contribution in [3.63, 3.8) is 0 Å². The highest BCUT2D eigenvalue weighted by Crippen LogP contribution is 2.25. The molecule has 1 aliphatic rings. The molecule has 2 aromatic carbocycles. The number of ether oxygens (including phenoxy) is 1. The number of fused-ring (bicyclic) bond motifs is 1. The van der Waals surface area contributed by atoms with Crippen LogP contribution in [0.15, 0.2) is 42.5 Å². The third-order valence-corrected chi connectivity index (χ3v) is 3.89. The summed E-state index contributed by atoms with van der Waals surface area (Å²) in [6.45, 7) is 2.45. The Morgan fingerprint density at radius 3 is 2.88 bits per heavy atom. The minimum atomic E-state index is -0.0954. The second-order valence-electron chi connectivity index (χ2n) is 5.69. The zero-order chi connectivity index (χ0) is 16.9. The van der Waals surface area contributed by atoms with Gasteiger partial charge in [0, 0.05) is 12.1 Å². The van der Waals surface area contributed by atoms with E-state index >= 15 is 0 Å². The molecule has 0 atom stereocenters.